The Morgan fingerprint density at radius 3 is 2.67 bits per heavy atom. The Morgan fingerprint density at radius 1 is 1.17 bits per heavy atom. The van der Waals surface area contributed by atoms with Crippen LogP contribution >= 0.6 is 11.6 Å². The Morgan fingerprint density at radius 2 is 1.94 bits per heavy atom. The highest BCUT2D eigenvalue weighted by atomic mass is 35.5. The first-order valence-corrected chi connectivity index (χ1v) is 6.17. The van der Waals surface area contributed by atoms with E-state index in [9.17, 15) is 0 Å². The predicted molar refractivity (Wildman–Crippen MR) is 72.8 cm³/mol. The van der Waals surface area contributed by atoms with Gasteiger partial charge in [-0.15, -0.1) is 0 Å². The van der Waals surface area contributed by atoms with E-state index in [1.807, 2.05) is 30.3 Å². The zero-order valence-electron chi connectivity index (χ0n) is 9.97. The van der Waals surface area contributed by atoms with Gasteiger partial charge in [0.25, 0.3) is 0 Å². The fourth-order valence-electron chi connectivity index (χ4n) is 1.68. The first-order valence-electron chi connectivity index (χ1n) is 5.80. The number of benzene rings is 1. The van der Waals surface area contributed by atoms with Gasteiger partial charge in [-0.05, 0) is 54.4 Å². The van der Waals surface area contributed by atoms with E-state index in [0.717, 1.165) is 23.3 Å². The van der Waals surface area contributed by atoms with Crippen LogP contribution in [-0.4, -0.2) is 11.5 Å². The van der Waals surface area contributed by atoms with E-state index < -0.39 is 0 Å². The summed E-state index contributed by atoms with van der Waals surface area (Å²) in [4.78, 5) is 3.97. The Balaban J connectivity index is 2.09. The van der Waals surface area contributed by atoms with Crippen LogP contribution < -0.4 is 10.5 Å². The SMILES string of the molecule is NCCc1cc(Cl)ccc1OCc1ccncc1. The van der Waals surface area contributed by atoms with Crippen molar-refractivity contribution in [2.75, 3.05) is 6.54 Å². The number of rotatable bonds is 5. The van der Waals surface area contributed by atoms with Crippen molar-refractivity contribution in [1.29, 1.82) is 0 Å². The fraction of sp³-hybridized carbons (Fsp3) is 0.214. The van der Waals surface area contributed by atoms with Crippen LogP contribution in [0.1, 0.15) is 11.1 Å². The molecule has 2 rings (SSSR count). The number of nitrogens with zero attached hydrogens (tertiary/aromatic N) is 1. The van der Waals surface area contributed by atoms with Gasteiger partial charge >= 0.3 is 0 Å². The number of aromatic nitrogens is 1. The molecule has 0 saturated heterocycles. The average molecular weight is 263 g/mol. The molecule has 1 aromatic heterocycles. The summed E-state index contributed by atoms with van der Waals surface area (Å²) in [7, 11) is 0. The number of nitrogens with two attached hydrogens (primary N) is 1. The van der Waals surface area contributed by atoms with Crippen LogP contribution in [0, 0.1) is 0 Å². The van der Waals surface area contributed by atoms with Crippen molar-refractivity contribution in [3.63, 3.8) is 0 Å². The highest BCUT2D eigenvalue weighted by Crippen LogP contribution is 2.24. The fourth-order valence-corrected chi connectivity index (χ4v) is 1.87. The Bertz CT molecular complexity index is 502. The van der Waals surface area contributed by atoms with E-state index in [-0.39, 0.29) is 0 Å². The molecule has 18 heavy (non-hydrogen) atoms. The minimum Gasteiger partial charge on any atom is -0.489 e. The van der Waals surface area contributed by atoms with E-state index in [2.05, 4.69) is 4.98 Å². The molecule has 94 valence electrons. The molecular weight excluding hydrogens is 248 g/mol. The van der Waals surface area contributed by atoms with Crippen molar-refractivity contribution < 1.29 is 4.74 Å². The first kappa shape index (κ1) is 12.9. The normalized spacial score (nSPS) is 10.3. The largest absolute Gasteiger partial charge is 0.489 e. The molecule has 0 radical (unpaired) electrons. The lowest BCUT2D eigenvalue weighted by Gasteiger charge is -2.11. The molecule has 3 nitrogen and oxygen atoms in total. The summed E-state index contributed by atoms with van der Waals surface area (Å²) in [6, 6.07) is 9.46. The van der Waals surface area contributed by atoms with Crippen LogP contribution in [0.5, 0.6) is 5.75 Å². The van der Waals surface area contributed by atoms with E-state index in [1.54, 1.807) is 12.4 Å². The minimum absolute atomic E-state index is 0.516. The second kappa shape index (κ2) is 6.38. The molecule has 0 aliphatic rings. The summed E-state index contributed by atoms with van der Waals surface area (Å²) in [6.07, 6.45) is 4.26. The molecule has 0 amide bonds. The van der Waals surface area contributed by atoms with Crippen molar-refractivity contribution in [3.8, 4) is 5.75 Å². The van der Waals surface area contributed by atoms with Crippen molar-refractivity contribution in [1.82, 2.24) is 4.98 Å². The second-order valence-corrected chi connectivity index (χ2v) is 4.37. The van der Waals surface area contributed by atoms with Crippen LogP contribution in [0.15, 0.2) is 42.7 Å². The van der Waals surface area contributed by atoms with E-state index in [0.29, 0.717) is 18.2 Å². The topological polar surface area (TPSA) is 48.1 Å². The molecule has 2 N–H and O–H groups in total. The number of halogens is 1. The van der Waals surface area contributed by atoms with Gasteiger partial charge in [0.1, 0.15) is 12.4 Å². The number of hydrogen-bond acceptors (Lipinski definition) is 3. The van der Waals surface area contributed by atoms with E-state index in [1.165, 1.54) is 0 Å². The summed E-state index contributed by atoms with van der Waals surface area (Å²) in [5.41, 5.74) is 7.70. The van der Waals surface area contributed by atoms with Gasteiger partial charge in [-0.2, -0.15) is 0 Å². The third kappa shape index (κ3) is 3.45. The lowest BCUT2D eigenvalue weighted by atomic mass is 10.1. The van der Waals surface area contributed by atoms with E-state index in [4.69, 9.17) is 22.1 Å². The van der Waals surface area contributed by atoms with Gasteiger partial charge < -0.3 is 10.5 Å². The molecule has 0 aliphatic carbocycles. The standard InChI is InChI=1S/C14H15ClN2O/c15-13-1-2-14(12(9-13)3-6-16)18-10-11-4-7-17-8-5-11/h1-2,4-5,7-9H,3,6,10,16H2. The molecule has 1 aromatic carbocycles. The number of hydrogen-bond donors (Lipinski definition) is 1. The van der Waals surface area contributed by atoms with Gasteiger partial charge in [-0.3, -0.25) is 4.98 Å². The van der Waals surface area contributed by atoms with Gasteiger partial charge in [-0.1, -0.05) is 11.6 Å². The molecule has 0 fully saturated rings. The molecule has 0 aliphatic heterocycles. The lowest BCUT2D eigenvalue weighted by molar-refractivity contribution is 0.303. The summed E-state index contributed by atoms with van der Waals surface area (Å²) in [6.45, 7) is 1.09. The average Bonchev–Trinajstić information content (AvgIpc) is 2.39. The van der Waals surface area contributed by atoms with Crippen molar-refractivity contribution in [2.45, 2.75) is 13.0 Å². The van der Waals surface area contributed by atoms with Crippen molar-refractivity contribution in [2.24, 2.45) is 5.73 Å². The van der Waals surface area contributed by atoms with Gasteiger partial charge in [0.2, 0.25) is 0 Å². The molecule has 4 heteroatoms. The maximum atomic E-state index is 5.97. The number of pyridine rings is 1. The smallest absolute Gasteiger partial charge is 0.123 e. The first-order chi connectivity index (χ1) is 8.79. The summed E-state index contributed by atoms with van der Waals surface area (Å²) < 4.78 is 5.79. The third-order valence-electron chi connectivity index (χ3n) is 2.58. The number of ether oxygens (including phenoxy) is 1. The zero-order valence-corrected chi connectivity index (χ0v) is 10.7. The van der Waals surface area contributed by atoms with E-state index >= 15 is 0 Å². The van der Waals surface area contributed by atoms with Crippen LogP contribution in [-0.2, 0) is 13.0 Å². The summed E-state index contributed by atoms with van der Waals surface area (Å²) in [5.74, 6) is 0.835. The Hall–Kier alpha value is -1.58. The van der Waals surface area contributed by atoms with Crippen LogP contribution in [0.25, 0.3) is 0 Å². The van der Waals surface area contributed by atoms with Gasteiger partial charge in [-0.25, -0.2) is 0 Å². The summed E-state index contributed by atoms with van der Waals surface area (Å²) in [5, 5.41) is 0.703. The maximum Gasteiger partial charge on any atom is 0.123 e. The van der Waals surface area contributed by atoms with Crippen LogP contribution in [0.3, 0.4) is 0 Å². The molecule has 1 heterocycles. The molecule has 0 unspecified atom stereocenters. The monoisotopic (exact) mass is 262 g/mol. The highest BCUT2D eigenvalue weighted by Gasteiger charge is 2.04. The van der Waals surface area contributed by atoms with Crippen molar-refractivity contribution >= 4 is 11.6 Å². The molecule has 0 saturated carbocycles. The molecule has 0 bridgehead atoms. The van der Waals surface area contributed by atoms with Crippen LogP contribution in [0.4, 0.5) is 0 Å². The second-order valence-electron chi connectivity index (χ2n) is 3.93. The van der Waals surface area contributed by atoms with Gasteiger partial charge in [0.05, 0.1) is 0 Å². The Labute approximate surface area is 112 Å². The molecule has 0 atom stereocenters. The maximum absolute atomic E-state index is 5.97. The minimum atomic E-state index is 0.516. The Kier molecular flexibility index (Phi) is 4.56. The molecule has 2 aromatic rings. The van der Waals surface area contributed by atoms with Crippen LogP contribution in [0.2, 0.25) is 5.02 Å². The third-order valence-corrected chi connectivity index (χ3v) is 2.82. The summed E-state index contributed by atoms with van der Waals surface area (Å²) >= 11 is 5.97. The molecule has 0 spiro atoms. The predicted octanol–water partition coefficient (Wildman–Crippen LogP) is 2.82. The molecular formula is C14H15ClN2O. The van der Waals surface area contributed by atoms with Crippen molar-refractivity contribution in [3.05, 3.63) is 58.9 Å². The zero-order chi connectivity index (χ0) is 12.8. The van der Waals surface area contributed by atoms with Gasteiger partial charge in [0, 0.05) is 17.4 Å². The highest BCUT2D eigenvalue weighted by molar-refractivity contribution is 6.30. The van der Waals surface area contributed by atoms with Gasteiger partial charge in [0.15, 0.2) is 0 Å². The quantitative estimate of drug-likeness (QED) is 0.901. The lowest BCUT2D eigenvalue weighted by Crippen LogP contribution is -2.05.